The van der Waals surface area contributed by atoms with Crippen LogP contribution < -0.4 is 10.1 Å². The van der Waals surface area contributed by atoms with Crippen LogP contribution in [0, 0.1) is 11.3 Å². The van der Waals surface area contributed by atoms with Gasteiger partial charge in [0.25, 0.3) is 0 Å². The summed E-state index contributed by atoms with van der Waals surface area (Å²) in [6, 6.07) is 14.1. The molecule has 2 rings (SSSR count). The molecule has 1 aromatic carbocycles. The van der Waals surface area contributed by atoms with Crippen molar-refractivity contribution in [2.24, 2.45) is 0 Å². The van der Waals surface area contributed by atoms with Gasteiger partial charge in [0.1, 0.15) is 17.6 Å². The van der Waals surface area contributed by atoms with Crippen molar-refractivity contribution in [3.8, 4) is 11.8 Å². The van der Waals surface area contributed by atoms with Crippen LogP contribution in [0.4, 0.5) is 0 Å². The van der Waals surface area contributed by atoms with Crippen LogP contribution in [-0.4, -0.2) is 12.6 Å². The fraction of sp³-hybridized carbons (Fsp3) is 0.353. The molecule has 4 heteroatoms. The topological polar surface area (TPSA) is 58.2 Å². The number of furan rings is 1. The fourth-order valence-corrected chi connectivity index (χ4v) is 2.10. The molecule has 0 saturated heterocycles. The highest BCUT2D eigenvalue weighted by atomic mass is 16.5. The molecule has 110 valence electrons. The van der Waals surface area contributed by atoms with Crippen molar-refractivity contribution in [1.29, 1.82) is 5.26 Å². The fourth-order valence-electron chi connectivity index (χ4n) is 2.10. The minimum Gasteiger partial charge on any atom is -0.478 e. The summed E-state index contributed by atoms with van der Waals surface area (Å²) >= 11 is 0. The molecule has 1 N–H and O–H groups in total. The Balaban J connectivity index is 1.80. The summed E-state index contributed by atoms with van der Waals surface area (Å²) in [7, 11) is 0. The minimum atomic E-state index is 0.0745. The molecule has 0 spiro atoms. The zero-order valence-electron chi connectivity index (χ0n) is 12.2. The Morgan fingerprint density at radius 2 is 2.14 bits per heavy atom. The van der Waals surface area contributed by atoms with Gasteiger partial charge < -0.3 is 14.5 Å². The van der Waals surface area contributed by atoms with E-state index in [1.807, 2.05) is 42.5 Å². The molecule has 0 radical (unpaired) electrons. The van der Waals surface area contributed by atoms with Crippen LogP contribution in [0.5, 0.6) is 5.75 Å². The van der Waals surface area contributed by atoms with Crippen molar-refractivity contribution in [2.75, 3.05) is 6.61 Å². The van der Waals surface area contributed by atoms with Gasteiger partial charge in [-0.3, -0.25) is 0 Å². The smallest absolute Gasteiger partial charge is 0.174 e. The molecule has 0 fully saturated rings. The van der Waals surface area contributed by atoms with Gasteiger partial charge in [0.2, 0.25) is 0 Å². The highest BCUT2D eigenvalue weighted by Crippen LogP contribution is 2.18. The number of aryl methyl sites for hydroxylation is 1. The maximum absolute atomic E-state index is 8.60. The van der Waals surface area contributed by atoms with Crippen LogP contribution in [0.25, 0.3) is 0 Å². The van der Waals surface area contributed by atoms with E-state index in [9.17, 15) is 0 Å². The quantitative estimate of drug-likeness (QED) is 0.808. The van der Waals surface area contributed by atoms with Crippen LogP contribution >= 0.6 is 0 Å². The van der Waals surface area contributed by atoms with E-state index in [1.165, 1.54) is 0 Å². The Hall–Kier alpha value is -2.25. The number of rotatable bonds is 8. The van der Waals surface area contributed by atoms with E-state index in [-0.39, 0.29) is 6.61 Å². The van der Waals surface area contributed by atoms with Crippen LogP contribution in [0.2, 0.25) is 0 Å². The maximum Gasteiger partial charge on any atom is 0.174 e. The van der Waals surface area contributed by atoms with Crippen molar-refractivity contribution in [3.63, 3.8) is 0 Å². The van der Waals surface area contributed by atoms with Gasteiger partial charge in [-0.15, -0.1) is 0 Å². The zero-order chi connectivity index (χ0) is 14.9. The first-order valence-electron chi connectivity index (χ1n) is 7.13. The molecular weight excluding hydrogens is 264 g/mol. The zero-order valence-corrected chi connectivity index (χ0v) is 12.2. The van der Waals surface area contributed by atoms with Gasteiger partial charge in [-0.25, -0.2) is 0 Å². The lowest BCUT2D eigenvalue weighted by Crippen LogP contribution is -2.26. The van der Waals surface area contributed by atoms with E-state index in [1.54, 1.807) is 6.26 Å². The lowest BCUT2D eigenvalue weighted by molar-refractivity contribution is 0.361. The Labute approximate surface area is 125 Å². The van der Waals surface area contributed by atoms with Gasteiger partial charge in [0.05, 0.1) is 6.26 Å². The number of hydrogen-bond acceptors (Lipinski definition) is 4. The van der Waals surface area contributed by atoms with Crippen LogP contribution in [0.1, 0.15) is 24.7 Å². The number of benzene rings is 1. The highest BCUT2D eigenvalue weighted by molar-refractivity contribution is 5.33. The second-order valence-electron chi connectivity index (χ2n) is 4.95. The molecule has 21 heavy (non-hydrogen) atoms. The van der Waals surface area contributed by atoms with Gasteiger partial charge in [-0.1, -0.05) is 18.2 Å². The SMILES string of the molecule is CC(CCc1ccco1)NCc1ccccc1OCC#N. The monoisotopic (exact) mass is 284 g/mol. The predicted octanol–water partition coefficient (Wildman–Crippen LogP) is 3.29. The normalized spacial score (nSPS) is 11.8. The molecule has 1 unspecified atom stereocenters. The molecule has 0 amide bonds. The summed E-state index contributed by atoms with van der Waals surface area (Å²) < 4.78 is 10.8. The predicted molar refractivity (Wildman–Crippen MR) is 80.9 cm³/mol. The van der Waals surface area contributed by atoms with Crippen molar-refractivity contribution >= 4 is 0 Å². The maximum atomic E-state index is 8.60. The van der Waals surface area contributed by atoms with Crippen molar-refractivity contribution < 1.29 is 9.15 Å². The number of para-hydroxylation sites is 1. The number of nitriles is 1. The largest absolute Gasteiger partial charge is 0.478 e. The van der Waals surface area contributed by atoms with E-state index in [0.717, 1.165) is 36.5 Å². The molecule has 0 saturated carbocycles. The summed E-state index contributed by atoms with van der Waals surface area (Å²) in [5, 5.41) is 12.1. The van der Waals surface area contributed by atoms with Crippen molar-refractivity contribution in [2.45, 2.75) is 32.4 Å². The summed E-state index contributed by atoms with van der Waals surface area (Å²) in [5.41, 5.74) is 1.07. The molecule has 1 aromatic heterocycles. The number of nitrogens with zero attached hydrogens (tertiary/aromatic N) is 1. The average Bonchev–Trinajstić information content (AvgIpc) is 3.03. The third kappa shape index (κ3) is 4.97. The third-order valence-electron chi connectivity index (χ3n) is 3.31. The van der Waals surface area contributed by atoms with E-state index in [4.69, 9.17) is 14.4 Å². The molecule has 0 bridgehead atoms. The van der Waals surface area contributed by atoms with E-state index in [2.05, 4.69) is 12.2 Å². The standard InChI is InChI=1S/C17H20N2O2/c1-14(8-9-16-6-4-11-20-16)19-13-15-5-2-3-7-17(15)21-12-10-18/h2-7,11,14,19H,8-9,12-13H2,1H3. The molecule has 0 aliphatic rings. The lowest BCUT2D eigenvalue weighted by Gasteiger charge is -2.15. The Morgan fingerprint density at radius 1 is 1.29 bits per heavy atom. The first-order chi connectivity index (χ1) is 10.3. The van der Waals surface area contributed by atoms with Crippen LogP contribution in [0.15, 0.2) is 47.1 Å². The van der Waals surface area contributed by atoms with Gasteiger partial charge in [-0.2, -0.15) is 5.26 Å². The van der Waals surface area contributed by atoms with Gasteiger partial charge in [-0.05, 0) is 31.5 Å². The Morgan fingerprint density at radius 3 is 2.90 bits per heavy atom. The number of ether oxygens (including phenoxy) is 1. The summed E-state index contributed by atoms with van der Waals surface area (Å²) in [4.78, 5) is 0. The molecule has 1 atom stereocenters. The molecule has 4 nitrogen and oxygen atoms in total. The van der Waals surface area contributed by atoms with E-state index >= 15 is 0 Å². The first kappa shape index (κ1) is 15.1. The molecule has 0 aliphatic heterocycles. The minimum absolute atomic E-state index is 0.0745. The number of nitrogens with one attached hydrogen (secondary N) is 1. The second-order valence-corrected chi connectivity index (χ2v) is 4.95. The first-order valence-corrected chi connectivity index (χ1v) is 7.13. The van der Waals surface area contributed by atoms with E-state index in [0.29, 0.717) is 6.04 Å². The van der Waals surface area contributed by atoms with Crippen LogP contribution in [0.3, 0.4) is 0 Å². The van der Waals surface area contributed by atoms with Crippen molar-refractivity contribution in [3.05, 3.63) is 54.0 Å². The molecule has 2 aromatic rings. The molecule has 0 aliphatic carbocycles. The van der Waals surface area contributed by atoms with Crippen molar-refractivity contribution in [1.82, 2.24) is 5.32 Å². The Bertz CT molecular complexity index is 573. The third-order valence-corrected chi connectivity index (χ3v) is 3.31. The van der Waals surface area contributed by atoms with Crippen LogP contribution in [-0.2, 0) is 13.0 Å². The van der Waals surface area contributed by atoms with Gasteiger partial charge in [0, 0.05) is 24.6 Å². The average molecular weight is 284 g/mol. The van der Waals surface area contributed by atoms with Gasteiger partial charge in [0.15, 0.2) is 6.61 Å². The molecule has 1 heterocycles. The molecular formula is C17H20N2O2. The number of hydrogen-bond donors (Lipinski definition) is 1. The second kappa shape index (κ2) is 8.13. The highest BCUT2D eigenvalue weighted by Gasteiger charge is 2.07. The van der Waals surface area contributed by atoms with Gasteiger partial charge >= 0.3 is 0 Å². The summed E-state index contributed by atoms with van der Waals surface area (Å²) in [6.07, 6.45) is 3.64. The lowest BCUT2D eigenvalue weighted by atomic mass is 10.1. The summed E-state index contributed by atoms with van der Waals surface area (Å²) in [6.45, 7) is 2.95. The summed E-state index contributed by atoms with van der Waals surface area (Å²) in [5.74, 6) is 1.78. The Kier molecular flexibility index (Phi) is 5.86. The van der Waals surface area contributed by atoms with E-state index < -0.39 is 0 Å².